The molecule has 0 aliphatic rings. The minimum absolute atomic E-state index is 0.241. The molecule has 82 valence electrons. The number of benzene rings is 1. The summed E-state index contributed by atoms with van der Waals surface area (Å²) >= 11 is 5.18. The Hall–Kier alpha value is -1.09. The van der Waals surface area contributed by atoms with Gasteiger partial charge in [0.1, 0.15) is 0 Å². The summed E-state index contributed by atoms with van der Waals surface area (Å²) in [5.74, 6) is 0. The average Bonchev–Trinajstić information content (AvgIpc) is 2.17. The summed E-state index contributed by atoms with van der Waals surface area (Å²) in [6.07, 6.45) is 0. The summed E-state index contributed by atoms with van der Waals surface area (Å²) in [5, 5.41) is 7.12. The molecular formula is C12H18N2S. The zero-order valence-corrected chi connectivity index (χ0v) is 10.3. The van der Waals surface area contributed by atoms with E-state index >= 15 is 0 Å². The topological polar surface area (TPSA) is 24.1 Å². The van der Waals surface area contributed by atoms with E-state index in [-0.39, 0.29) is 6.04 Å². The van der Waals surface area contributed by atoms with Crippen LogP contribution in [0.3, 0.4) is 0 Å². The van der Waals surface area contributed by atoms with Crippen molar-refractivity contribution < 1.29 is 0 Å². The molecule has 0 radical (unpaired) electrons. The van der Waals surface area contributed by atoms with Crippen LogP contribution in [0.4, 0.5) is 0 Å². The van der Waals surface area contributed by atoms with Gasteiger partial charge >= 0.3 is 0 Å². The Morgan fingerprint density at radius 3 is 2.20 bits per heavy atom. The maximum absolute atomic E-state index is 5.18. The normalized spacial score (nSPS) is 12.3. The molecule has 15 heavy (non-hydrogen) atoms. The molecule has 0 aromatic heterocycles. The van der Waals surface area contributed by atoms with E-state index in [1.807, 2.05) is 18.2 Å². The SMILES string of the molecule is CC(C)NC(=S)NC(C)c1ccccc1. The van der Waals surface area contributed by atoms with Crippen molar-refractivity contribution >= 4 is 17.3 Å². The van der Waals surface area contributed by atoms with Crippen molar-refractivity contribution in [3.8, 4) is 0 Å². The van der Waals surface area contributed by atoms with Crippen LogP contribution in [0.25, 0.3) is 0 Å². The van der Waals surface area contributed by atoms with Crippen molar-refractivity contribution in [1.29, 1.82) is 0 Å². The third-order valence-electron chi connectivity index (χ3n) is 2.07. The van der Waals surface area contributed by atoms with Gasteiger partial charge in [-0.3, -0.25) is 0 Å². The smallest absolute Gasteiger partial charge is 0.166 e. The molecule has 1 aromatic carbocycles. The van der Waals surface area contributed by atoms with Crippen LogP contribution in [-0.2, 0) is 0 Å². The van der Waals surface area contributed by atoms with Crippen LogP contribution in [0, 0.1) is 0 Å². The fourth-order valence-electron chi connectivity index (χ4n) is 1.33. The van der Waals surface area contributed by atoms with Gasteiger partial charge in [-0.05, 0) is 38.6 Å². The van der Waals surface area contributed by atoms with Gasteiger partial charge in [0.05, 0.1) is 6.04 Å². The lowest BCUT2D eigenvalue weighted by atomic mass is 10.1. The molecule has 1 rings (SSSR count). The number of nitrogens with one attached hydrogen (secondary N) is 2. The third kappa shape index (κ3) is 4.30. The first-order valence-electron chi connectivity index (χ1n) is 5.21. The quantitative estimate of drug-likeness (QED) is 0.769. The van der Waals surface area contributed by atoms with E-state index in [0.29, 0.717) is 11.2 Å². The summed E-state index contributed by atoms with van der Waals surface area (Å²) in [5.41, 5.74) is 1.24. The van der Waals surface area contributed by atoms with Crippen LogP contribution in [0.15, 0.2) is 30.3 Å². The van der Waals surface area contributed by atoms with Gasteiger partial charge in [0.2, 0.25) is 0 Å². The summed E-state index contributed by atoms with van der Waals surface area (Å²) < 4.78 is 0. The van der Waals surface area contributed by atoms with E-state index in [2.05, 4.69) is 43.5 Å². The molecule has 1 atom stereocenters. The molecule has 0 heterocycles. The van der Waals surface area contributed by atoms with Gasteiger partial charge in [0, 0.05) is 6.04 Å². The van der Waals surface area contributed by atoms with Crippen molar-refractivity contribution in [2.75, 3.05) is 0 Å². The van der Waals surface area contributed by atoms with Gasteiger partial charge in [-0.1, -0.05) is 30.3 Å². The molecule has 3 heteroatoms. The van der Waals surface area contributed by atoms with E-state index in [9.17, 15) is 0 Å². The Kier molecular flexibility index (Phi) is 4.56. The summed E-state index contributed by atoms with van der Waals surface area (Å²) in [7, 11) is 0. The Labute approximate surface area is 97.1 Å². The first-order valence-corrected chi connectivity index (χ1v) is 5.62. The lowest BCUT2D eigenvalue weighted by molar-refractivity contribution is 0.664. The molecule has 0 aliphatic heterocycles. The van der Waals surface area contributed by atoms with Crippen molar-refractivity contribution in [3.05, 3.63) is 35.9 Å². The summed E-state index contributed by atoms with van der Waals surface area (Å²) in [6, 6.07) is 10.9. The minimum atomic E-state index is 0.241. The van der Waals surface area contributed by atoms with Crippen molar-refractivity contribution in [1.82, 2.24) is 10.6 Å². The van der Waals surface area contributed by atoms with Crippen molar-refractivity contribution in [2.45, 2.75) is 32.9 Å². The molecule has 0 bridgehead atoms. The molecule has 2 N–H and O–H groups in total. The molecule has 1 aromatic rings. The molecule has 0 amide bonds. The molecule has 0 saturated heterocycles. The first-order chi connectivity index (χ1) is 7.09. The molecule has 0 saturated carbocycles. The van der Waals surface area contributed by atoms with E-state index < -0.39 is 0 Å². The molecular weight excluding hydrogens is 204 g/mol. The predicted octanol–water partition coefficient (Wildman–Crippen LogP) is 2.62. The van der Waals surface area contributed by atoms with Crippen LogP contribution < -0.4 is 10.6 Å². The number of rotatable bonds is 3. The van der Waals surface area contributed by atoms with Gasteiger partial charge in [-0.2, -0.15) is 0 Å². The molecule has 0 fully saturated rings. The van der Waals surface area contributed by atoms with Crippen LogP contribution in [0.5, 0.6) is 0 Å². The maximum Gasteiger partial charge on any atom is 0.166 e. The van der Waals surface area contributed by atoms with E-state index in [4.69, 9.17) is 12.2 Å². The average molecular weight is 222 g/mol. The Balaban J connectivity index is 2.49. The summed E-state index contributed by atoms with van der Waals surface area (Å²) in [6.45, 7) is 6.24. The Bertz CT molecular complexity index is 309. The highest BCUT2D eigenvalue weighted by molar-refractivity contribution is 7.80. The molecule has 0 aliphatic carbocycles. The first kappa shape index (κ1) is 12.0. The van der Waals surface area contributed by atoms with Gasteiger partial charge < -0.3 is 10.6 Å². The maximum atomic E-state index is 5.18. The molecule has 0 spiro atoms. The van der Waals surface area contributed by atoms with E-state index in [1.54, 1.807) is 0 Å². The van der Waals surface area contributed by atoms with Gasteiger partial charge in [0.15, 0.2) is 5.11 Å². The Morgan fingerprint density at radius 1 is 1.07 bits per heavy atom. The second-order valence-corrected chi connectivity index (χ2v) is 4.31. The fourth-order valence-corrected chi connectivity index (χ4v) is 1.74. The highest BCUT2D eigenvalue weighted by Crippen LogP contribution is 2.10. The van der Waals surface area contributed by atoms with Crippen molar-refractivity contribution in [3.63, 3.8) is 0 Å². The largest absolute Gasteiger partial charge is 0.361 e. The van der Waals surface area contributed by atoms with Gasteiger partial charge in [0.25, 0.3) is 0 Å². The van der Waals surface area contributed by atoms with Gasteiger partial charge in [-0.25, -0.2) is 0 Å². The van der Waals surface area contributed by atoms with Crippen LogP contribution in [0.1, 0.15) is 32.4 Å². The molecule has 1 unspecified atom stereocenters. The molecule has 2 nitrogen and oxygen atoms in total. The van der Waals surface area contributed by atoms with Crippen LogP contribution in [-0.4, -0.2) is 11.2 Å². The van der Waals surface area contributed by atoms with E-state index in [1.165, 1.54) is 5.56 Å². The van der Waals surface area contributed by atoms with Crippen LogP contribution >= 0.6 is 12.2 Å². The number of hydrogen-bond acceptors (Lipinski definition) is 1. The third-order valence-corrected chi connectivity index (χ3v) is 2.30. The zero-order chi connectivity index (χ0) is 11.3. The Morgan fingerprint density at radius 2 is 1.67 bits per heavy atom. The number of hydrogen-bond donors (Lipinski definition) is 2. The fraction of sp³-hybridized carbons (Fsp3) is 0.417. The zero-order valence-electron chi connectivity index (χ0n) is 9.45. The monoisotopic (exact) mass is 222 g/mol. The standard InChI is InChI=1S/C12H18N2S/c1-9(2)13-12(15)14-10(3)11-7-5-4-6-8-11/h4-10H,1-3H3,(H2,13,14,15). The highest BCUT2D eigenvalue weighted by Gasteiger charge is 2.06. The highest BCUT2D eigenvalue weighted by atomic mass is 32.1. The number of thiocarbonyl (C=S) groups is 1. The second-order valence-electron chi connectivity index (χ2n) is 3.90. The summed E-state index contributed by atoms with van der Waals surface area (Å²) in [4.78, 5) is 0. The predicted molar refractivity (Wildman–Crippen MR) is 68.9 cm³/mol. The van der Waals surface area contributed by atoms with Crippen LogP contribution in [0.2, 0.25) is 0 Å². The lowest BCUT2D eigenvalue weighted by Gasteiger charge is -2.18. The second kappa shape index (κ2) is 5.71. The van der Waals surface area contributed by atoms with E-state index in [0.717, 1.165) is 0 Å². The van der Waals surface area contributed by atoms with Gasteiger partial charge in [-0.15, -0.1) is 0 Å². The lowest BCUT2D eigenvalue weighted by Crippen LogP contribution is -2.40. The minimum Gasteiger partial charge on any atom is -0.361 e. The van der Waals surface area contributed by atoms with Crippen molar-refractivity contribution in [2.24, 2.45) is 0 Å².